The van der Waals surface area contributed by atoms with Crippen LogP contribution in [0, 0.1) is 11.6 Å². The fraction of sp³-hybridized carbons (Fsp3) is 0.176. The summed E-state index contributed by atoms with van der Waals surface area (Å²) < 4.78 is 26.7. The molecule has 5 heteroatoms. The summed E-state index contributed by atoms with van der Waals surface area (Å²) in [4.78, 5) is 8.21. The Balaban J connectivity index is 1.58. The number of anilines is 1. The number of hydrogen-bond donors (Lipinski definition) is 1. The lowest BCUT2D eigenvalue weighted by Crippen LogP contribution is -2.07. The quantitative estimate of drug-likeness (QED) is 0.797. The normalized spacial score (nSPS) is 20.1. The third-order valence-electron chi connectivity index (χ3n) is 4.03. The van der Waals surface area contributed by atoms with Crippen molar-refractivity contribution in [3.8, 4) is 0 Å². The molecule has 0 unspecified atom stereocenters. The maximum absolute atomic E-state index is 13.7. The molecule has 1 N–H and O–H groups in total. The molecule has 0 bridgehead atoms. The van der Waals surface area contributed by atoms with Crippen molar-refractivity contribution >= 4 is 16.7 Å². The number of nitrogens with one attached hydrogen (secondary N) is 1. The highest BCUT2D eigenvalue weighted by Crippen LogP contribution is 2.43. The number of halogens is 2. The van der Waals surface area contributed by atoms with Gasteiger partial charge in [-0.25, -0.2) is 18.7 Å². The van der Waals surface area contributed by atoms with Crippen molar-refractivity contribution in [2.75, 3.05) is 5.32 Å². The Morgan fingerprint density at radius 2 is 1.82 bits per heavy atom. The fourth-order valence-corrected chi connectivity index (χ4v) is 2.78. The second-order valence-corrected chi connectivity index (χ2v) is 5.50. The van der Waals surface area contributed by atoms with E-state index in [9.17, 15) is 8.78 Å². The van der Waals surface area contributed by atoms with Crippen LogP contribution in [-0.2, 0) is 0 Å². The molecule has 1 heterocycles. The zero-order valence-corrected chi connectivity index (χ0v) is 11.6. The smallest absolute Gasteiger partial charge is 0.149 e. The van der Waals surface area contributed by atoms with E-state index in [4.69, 9.17) is 0 Å². The van der Waals surface area contributed by atoms with Crippen LogP contribution in [0.15, 0.2) is 48.8 Å². The Morgan fingerprint density at radius 1 is 1.00 bits per heavy atom. The third-order valence-corrected chi connectivity index (χ3v) is 4.03. The Bertz CT molecular complexity index is 833. The molecule has 0 spiro atoms. The van der Waals surface area contributed by atoms with Crippen LogP contribution < -0.4 is 5.32 Å². The van der Waals surface area contributed by atoms with Gasteiger partial charge < -0.3 is 5.32 Å². The van der Waals surface area contributed by atoms with E-state index in [0.717, 1.165) is 12.0 Å². The molecule has 3 aromatic rings. The lowest BCUT2D eigenvalue weighted by atomic mass is 10.1. The number of para-hydroxylation sites is 1. The Hall–Kier alpha value is -2.56. The van der Waals surface area contributed by atoms with Gasteiger partial charge in [0.1, 0.15) is 29.3 Å². The Morgan fingerprint density at radius 3 is 2.64 bits per heavy atom. The molecule has 1 saturated carbocycles. The average molecular weight is 297 g/mol. The van der Waals surface area contributed by atoms with Crippen LogP contribution in [0.5, 0.6) is 0 Å². The molecule has 22 heavy (non-hydrogen) atoms. The number of nitrogens with zero attached hydrogens (tertiary/aromatic N) is 2. The molecular weight excluding hydrogens is 284 g/mol. The van der Waals surface area contributed by atoms with Gasteiger partial charge in [-0.1, -0.05) is 18.2 Å². The Labute approximate surface area is 126 Å². The zero-order chi connectivity index (χ0) is 15.1. The molecule has 1 aliphatic carbocycles. The minimum absolute atomic E-state index is 0.229. The van der Waals surface area contributed by atoms with Gasteiger partial charge in [0.2, 0.25) is 0 Å². The first-order valence-electron chi connectivity index (χ1n) is 7.13. The standard InChI is InChI=1S/C17H13F2N3/c18-11-6-4-10(5-7-11)13-8-15(13)22-17-12-2-1-3-14(19)16(12)20-9-21-17/h1-7,9,13,15H,8H2,(H,20,21,22)/t13-,15+/m0/s1. The topological polar surface area (TPSA) is 37.8 Å². The molecule has 4 rings (SSSR count). The second kappa shape index (κ2) is 5.02. The molecule has 2 aromatic carbocycles. The molecule has 2 atom stereocenters. The van der Waals surface area contributed by atoms with Crippen LogP contribution in [0.25, 0.3) is 10.9 Å². The van der Waals surface area contributed by atoms with E-state index in [1.807, 2.05) is 0 Å². The monoisotopic (exact) mass is 297 g/mol. The van der Waals surface area contributed by atoms with Crippen LogP contribution in [-0.4, -0.2) is 16.0 Å². The first kappa shape index (κ1) is 13.1. The van der Waals surface area contributed by atoms with E-state index in [1.165, 1.54) is 24.5 Å². The maximum Gasteiger partial charge on any atom is 0.149 e. The summed E-state index contributed by atoms with van der Waals surface area (Å²) in [5, 5.41) is 4.01. The van der Waals surface area contributed by atoms with Crippen molar-refractivity contribution in [2.45, 2.75) is 18.4 Å². The molecular formula is C17H13F2N3. The minimum Gasteiger partial charge on any atom is -0.366 e. The molecule has 1 aromatic heterocycles. The molecule has 110 valence electrons. The summed E-state index contributed by atoms with van der Waals surface area (Å²) in [7, 11) is 0. The van der Waals surface area contributed by atoms with Crippen molar-refractivity contribution in [1.29, 1.82) is 0 Å². The van der Waals surface area contributed by atoms with Gasteiger partial charge in [0.15, 0.2) is 0 Å². The molecule has 0 amide bonds. The van der Waals surface area contributed by atoms with Gasteiger partial charge in [0.05, 0.1) is 0 Å². The number of hydrogen-bond acceptors (Lipinski definition) is 3. The fourth-order valence-electron chi connectivity index (χ4n) is 2.78. The molecule has 3 nitrogen and oxygen atoms in total. The zero-order valence-electron chi connectivity index (χ0n) is 11.6. The van der Waals surface area contributed by atoms with Gasteiger partial charge >= 0.3 is 0 Å². The highest BCUT2D eigenvalue weighted by atomic mass is 19.1. The summed E-state index contributed by atoms with van der Waals surface area (Å²) in [6.45, 7) is 0. The summed E-state index contributed by atoms with van der Waals surface area (Å²) in [6, 6.07) is 11.6. The summed E-state index contributed by atoms with van der Waals surface area (Å²) in [5.41, 5.74) is 1.42. The predicted octanol–water partition coefficient (Wildman–Crippen LogP) is 3.88. The lowest BCUT2D eigenvalue weighted by Gasteiger charge is -2.08. The first-order valence-corrected chi connectivity index (χ1v) is 7.13. The second-order valence-electron chi connectivity index (χ2n) is 5.50. The third kappa shape index (κ3) is 2.28. The van der Waals surface area contributed by atoms with Gasteiger partial charge in [-0.05, 0) is 36.2 Å². The van der Waals surface area contributed by atoms with E-state index >= 15 is 0 Å². The maximum atomic E-state index is 13.7. The minimum atomic E-state index is -0.353. The van der Waals surface area contributed by atoms with Crippen molar-refractivity contribution in [2.24, 2.45) is 0 Å². The van der Waals surface area contributed by atoms with Gasteiger partial charge in [0.25, 0.3) is 0 Å². The van der Waals surface area contributed by atoms with Crippen LogP contribution in [0.3, 0.4) is 0 Å². The van der Waals surface area contributed by atoms with E-state index in [-0.39, 0.29) is 17.7 Å². The SMILES string of the molecule is Fc1ccc([C@@H]2C[C@H]2Nc2ncnc3c(F)cccc23)cc1. The van der Waals surface area contributed by atoms with E-state index in [2.05, 4.69) is 15.3 Å². The van der Waals surface area contributed by atoms with Crippen molar-refractivity contribution in [1.82, 2.24) is 9.97 Å². The van der Waals surface area contributed by atoms with Gasteiger partial charge in [-0.15, -0.1) is 0 Å². The molecule has 1 aliphatic rings. The first-order chi connectivity index (χ1) is 10.7. The van der Waals surface area contributed by atoms with Gasteiger partial charge in [-0.3, -0.25) is 0 Å². The number of aromatic nitrogens is 2. The Kier molecular flexibility index (Phi) is 2.99. The number of benzene rings is 2. The van der Waals surface area contributed by atoms with Gasteiger partial charge in [0, 0.05) is 17.3 Å². The predicted molar refractivity (Wildman–Crippen MR) is 80.7 cm³/mol. The van der Waals surface area contributed by atoms with Crippen LogP contribution in [0.1, 0.15) is 17.9 Å². The van der Waals surface area contributed by atoms with E-state index < -0.39 is 0 Å². The molecule has 1 fully saturated rings. The molecule has 0 aliphatic heterocycles. The largest absolute Gasteiger partial charge is 0.366 e. The molecule has 0 saturated heterocycles. The summed E-state index contributed by atoms with van der Waals surface area (Å²) in [5.74, 6) is 0.387. The highest BCUT2D eigenvalue weighted by molar-refractivity contribution is 5.89. The number of rotatable bonds is 3. The number of fused-ring (bicyclic) bond motifs is 1. The van der Waals surface area contributed by atoms with Crippen molar-refractivity contribution < 1.29 is 8.78 Å². The van der Waals surface area contributed by atoms with Crippen LogP contribution in [0.2, 0.25) is 0 Å². The summed E-state index contributed by atoms with van der Waals surface area (Å²) >= 11 is 0. The van der Waals surface area contributed by atoms with E-state index in [1.54, 1.807) is 24.3 Å². The highest BCUT2D eigenvalue weighted by Gasteiger charge is 2.38. The summed E-state index contributed by atoms with van der Waals surface area (Å²) in [6.07, 6.45) is 2.31. The lowest BCUT2D eigenvalue weighted by molar-refractivity contribution is 0.627. The van der Waals surface area contributed by atoms with Crippen LogP contribution in [0.4, 0.5) is 14.6 Å². The van der Waals surface area contributed by atoms with Crippen molar-refractivity contribution in [3.63, 3.8) is 0 Å². The molecule has 0 radical (unpaired) electrons. The average Bonchev–Trinajstić information content (AvgIpc) is 3.28. The van der Waals surface area contributed by atoms with Crippen molar-refractivity contribution in [3.05, 3.63) is 66.0 Å². The van der Waals surface area contributed by atoms with Gasteiger partial charge in [-0.2, -0.15) is 0 Å². The van der Waals surface area contributed by atoms with Crippen LogP contribution >= 0.6 is 0 Å². The van der Waals surface area contributed by atoms with E-state index in [0.29, 0.717) is 22.6 Å².